The van der Waals surface area contributed by atoms with E-state index in [1.807, 2.05) is 24.3 Å². The number of hydrogen-bond acceptors (Lipinski definition) is 2. The Labute approximate surface area is 164 Å². The molecule has 0 bridgehead atoms. The first kappa shape index (κ1) is 22.5. The number of rotatable bonds is 6. The third kappa shape index (κ3) is 7.29. The molecule has 2 nitrogen and oxygen atoms in total. The Morgan fingerprint density at radius 2 is 1.09 bits per heavy atom. The molecule has 124 valence electrons. The van der Waals surface area contributed by atoms with Crippen LogP contribution in [0.3, 0.4) is 0 Å². The van der Waals surface area contributed by atoms with Crippen molar-refractivity contribution in [2.45, 2.75) is 39.5 Å². The molecule has 0 aliphatic heterocycles. The Kier molecular flexibility index (Phi) is 10.9. The molecule has 0 amide bonds. The van der Waals surface area contributed by atoms with Crippen LogP contribution in [0.5, 0.6) is 11.5 Å². The van der Waals surface area contributed by atoms with Crippen molar-refractivity contribution in [3.8, 4) is 11.5 Å². The summed E-state index contributed by atoms with van der Waals surface area (Å²) in [5.74, 6) is 2.88. The Morgan fingerprint density at radius 3 is 1.43 bits per heavy atom. The zero-order valence-electron chi connectivity index (χ0n) is 13.8. The van der Waals surface area contributed by atoms with Gasteiger partial charge in [-0.1, -0.05) is 0 Å². The summed E-state index contributed by atoms with van der Waals surface area (Å²) >= 11 is -1.36. The van der Waals surface area contributed by atoms with E-state index in [2.05, 4.69) is 52.0 Å². The topological polar surface area (TPSA) is 18.5 Å². The molecule has 0 radical (unpaired) electrons. The Balaban J connectivity index is 0.00000242. The van der Waals surface area contributed by atoms with Crippen LogP contribution >= 0.6 is 0 Å². The van der Waals surface area contributed by atoms with Gasteiger partial charge in [-0.2, -0.15) is 0 Å². The van der Waals surface area contributed by atoms with Crippen LogP contribution in [0, 0.1) is 0 Å². The fourth-order valence-corrected chi connectivity index (χ4v) is 3.19. The second-order valence-corrected chi connectivity index (χ2v) is 7.16. The second-order valence-electron chi connectivity index (χ2n) is 5.74. The van der Waals surface area contributed by atoms with Gasteiger partial charge in [-0.05, 0) is 0 Å². The van der Waals surface area contributed by atoms with E-state index in [0.717, 1.165) is 11.5 Å². The normalized spacial score (nSPS) is 9.65. The molecule has 0 aliphatic carbocycles. The van der Waals surface area contributed by atoms with Gasteiger partial charge in [0.25, 0.3) is 0 Å². The van der Waals surface area contributed by atoms with Gasteiger partial charge in [0.1, 0.15) is 0 Å². The monoisotopic (exact) mass is 430 g/mol. The van der Waals surface area contributed by atoms with E-state index in [1.54, 1.807) is 0 Å². The molecule has 2 aromatic carbocycles. The van der Waals surface area contributed by atoms with Gasteiger partial charge >= 0.3 is 140 Å². The summed E-state index contributed by atoms with van der Waals surface area (Å²) in [5, 5.41) is 0. The van der Waals surface area contributed by atoms with Gasteiger partial charge in [0, 0.05) is 0 Å². The molecule has 0 fully saturated rings. The molecule has 0 heterocycles. The molecular formula is C18H22Cl2O2Zr. The summed E-state index contributed by atoms with van der Waals surface area (Å²) in [6, 6.07) is 16.6. The maximum Gasteiger partial charge on any atom is -1.00 e. The average molecular weight is 433 g/mol. The minimum absolute atomic E-state index is 0. The smallest absolute Gasteiger partial charge is 1.00 e. The van der Waals surface area contributed by atoms with Crippen molar-refractivity contribution in [2.75, 3.05) is 0 Å². The van der Waals surface area contributed by atoms with Crippen molar-refractivity contribution in [1.82, 2.24) is 0 Å². The van der Waals surface area contributed by atoms with Crippen LogP contribution in [0.4, 0.5) is 0 Å². The van der Waals surface area contributed by atoms with Gasteiger partial charge in [0.2, 0.25) is 0 Å². The van der Waals surface area contributed by atoms with Crippen molar-refractivity contribution >= 4 is 0 Å². The van der Waals surface area contributed by atoms with E-state index in [-0.39, 0.29) is 24.8 Å². The molecule has 0 aliphatic rings. The van der Waals surface area contributed by atoms with E-state index in [1.165, 1.54) is 11.1 Å². The van der Waals surface area contributed by atoms with Crippen LogP contribution in [0.15, 0.2) is 48.5 Å². The second kappa shape index (κ2) is 11.1. The minimum atomic E-state index is -1.36. The third-order valence-corrected chi connectivity index (χ3v) is 4.94. The van der Waals surface area contributed by atoms with E-state index >= 15 is 0 Å². The van der Waals surface area contributed by atoms with Crippen molar-refractivity contribution in [2.24, 2.45) is 0 Å². The summed E-state index contributed by atoms with van der Waals surface area (Å²) < 4.78 is 11.7. The molecule has 0 saturated carbocycles. The van der Waals surface area contributed by atoms with Crippen LogP contribution in [0.25, 0.3) is 0 Å². The van der Waals surface area contributed by atoms with Crippen molar-refractivity contribution in [1.29, 1.82) is 0 Å². The van der Waals surface area contributed by atoms with E-state index in [0.29, 0.717) is 11.8 Å². The largest absolute Gasteiger partial charge is 1.00 e. The number of benzene rings is 2. The first-order valence-electron chi connectivity index (χ1n) is 7.35. The van der Waals surface area contributed by atoms with Crippen LogP contribution in [-0.4, -0.2) is 0 Å². The molecule has 5 heteroatoms. The van der Waals surface area contributed by atoms with E-state index < -0.39 is 24.1 Å². The van der Waals surface area contributed by atoms with Crippen LogP contribution in [-0.2, 0) is 24.1 Å². The predicted octanol–water partition coefficient (Wildman–Crippen LogP) is -0.688. The van der Waals surface area contributed by atoms with Crippen LogP contribution < -0.4 is 30.4 Å². The zero-order valence-corrected chi connectivity index (χ0v) is 17.8. The standard InChI is InChI=1S/2C9H12O.2ClH.Zr/c2*1-7(2)8-4-3-5-9(10)6-8;;;/h2*3-7,10H,1-2H3;2*1H;/q;;;;+4/p-4. The number of hydrogen-bond donors (Lipinski definition) is 0. The zero-order chi connectivity index (χ0) is 15.2. The summed E-state index contributed by atoms with van der Waals surface area (Å²) in [7, 11) is 0. The van der Waals surface area contributed by atoms with Gasteiger partial charge in [-0.3, -0.25) is 0 Å². The molecule has 0 aromatic heterocycles. The summed E-state index contributed by atoms with van der Waals surface area (Å²) in [5.41, 5.74) is 2.60. The van der Waals surface area contributed by atoms with Gasteiger partial charge in [-0.25, -0.2) is 0 Å². The van der Waals surface area contributed by atoms with Crippen LogP contribution in [0.2, 0.25) is 0 Å². The average Bonchev–Trinajstić information content (AvgIpc) is 2.48. The Bertz CT molecular complexity index is 537. The summed E-state index contributed by atoms with van der Waals surface area (Å²) in [4.78, 5) is 0. The summed E-state index contributed by atoms with van der Waals surface area (Å²) in [6.45, 7) is 8.75. The maximum atomic E-state index is 5.85. The van der Waals surface area contributed by atoms with Crippen molar-refractivity contribution in [3.05, 3.63) is 59.7 Å². The first-order valence-corrected chi connectivity index (χ1v) is 9.35. The molecular weight excluding hydrogens is 410 g/mol. The Hall–Kier alpha value is -0.497. The maximum absolute atomic E-state index is 5.85. The van der Waals surface area contributed by atoms with Gasteiger partial charge in [-0.15, -0.1) is 0 Å². The van der Waals surface area contributed by atoms with Gasteiger partial charge in [0.15, 0.2) is 0 Å². The SMILES string of the molecule is CC(C)c1cccc([O][Zr+2][O]c2cccc(C(C)C)c2)c1.[Cl-].[Cl-]. The molecule has 0 unspecified atom stereocenters. The molecule has 23 heavy (non-hydrogen) atoms. The van der Waals surface area contributed by atoms with E-state index in [9.17, 15) is 0 Å². The molecule has 0 saturated heterocycles. The molecule has 0 atom stereocenters. The predicted molar refractivity (Wildman–Crippen MR) is 82.3 cm³/mol. The molecule has 0 N–H and O–H groups in total. The summed E-state index contributed by atoms with van der Waals surface area (Å²) in [6.07, 6.45) is 0. The van der Waals surface area contributed by atoms with Crippen molar-refractivity contribution < 1.29 is 54.6 Å². The first-order chi connectivity index (χ1) is 10.1. The fourth-order valence-electron chi connectivity index (χ4n) is 1.99. The third-order valence-electron chi connectivity index (χ3n) is 3.37. The van der Waals surface area contributed by atoms with Gasteiger partial charge < -0.3 is 24.8 Å². The van der Waals surface area contributed by atoms with Crippen molar-refractivity contribution in [3.63, 3.8) is 0 Å². The van der Waals surface area contributed by atoms with Gasteiger partial charge in [0.05, 0.1) is 0 Å². The quantitative estimate of drug-likeness (QED) is 0.602. The Morgan fingerprint density at radius 1 is 0.696 bits per heavy atom. The minimum Gasteiger partial charge on any atom is -1.00 e. The van der Waals surface area contributed by atoms with Crippen LogP contribution in [0.1, 0.15) is 50.7 Å². The molecule has 2 aromatic rings. The molecule has 0 spiro atoms. The number of halogens is 2. The fraction of sp³-hybridized carbons (Fsp3) is 0.333. The molecule has 2 rings (SSSR count). The van der Waals surface area contributed by atoms with E-state index in [4.69, 9.17) is 5.63 Å².